The van der Waals surface area contributed by atoms with Gasteiger partial charge in [-0.15, -0.1) is 5.10 Å². The molecule has 0 spiro atoms. The van der Waals surface area contributed by atoms with Gasteiger partial charge in [0.25, 0.3) is 0 Å². The van der Waals surface area contributed by atoms with Gasteiger partial charge in [-0.1, -0.05) is 5.21 Å². The minimum absolute atomic E-state index is 0.0817. The van der Waals surface area contributed by atoms with Crippen molar-refractivity contribution in [2.24, 2.45) is 0 Å². The number of amides is 2. The predicted octanol–water partition coefficient (Wildman–Crippen LogP) is -0.721. The molecule has 0 atom stereocenters. The summed E-state index contributed by atoms with van der Waals surface area (Å²) in [6, 6.07) is -0.0817. The molecule has 0 radical (unpaired) electrons. The van der Waals surface area contributed by atoms with Crippen molar-refractivity contribution in [3.63, 3.8) is 0 Å². The second-order valence-electron chi connectivity index (χ2n) is 4.56. The quantitative estimate of drug-likeness (QED) is 0.667. The molecule has 9 nitrogen and oxygen atoms in total. The van der Waals surface area contributed by atoms with Crippen LogP contribution in [0.3, 0.4) is 0 Å². The Labute approximate surface area is 122 Å². The van der Waals surface area contributed by atoms with Gasteiger partial charge < -0.3 is 19.7 Å². The van der Waals surface area contributed by atoms with E-state index < -0.39 is 5.97 Å². The van der Waals surface area contributed by atoms with Crippen LogP contribution in [0.5, 0.6) is 0 Å². The average Bonchev–Trinajstić information content (AvgIpc) is 3.08. The van der Waals surface area contributed by atoms with E-state index in [1.165, 1.54) is 7.11 Å². The van der Waals surface area contributed by atoms with Gasteiger partial charge in [0.1, 0.15) is 0 Å². The number of hydrogen-bond acceptors (Lipinski definition) is 6. The van der Waals surface area contributed by atoms with E-state index in [9.17, 15) is 9.59 Å². The first-order valence-corrected chi connectivity index (χ1v) is 6.69. The Morgan fingerprint density at radius 3 is 2.81 bits per heavy atom. The highest BCUT2D eigenvalue weighted by Crippen LogP contribution is 2.09. The van der Waals surface area contributed by atoms with Crippen LogP contribution in [0.4, 0.5) is 4.79 Å². The third-order valence-corrected chi connectivity index (χ3v) is 3.29. The fourth-order valence-electron chi connectivity index (χ4n) is 2.15. The molecule has 2 rings (SSSR count). The van der Waals surface area contributed by atoms with E-state index >= 15 is 0 Å². The van der Waals surface area contributed by atoms with Gasteiger partial charge in [-0.05, 0) is 0 Å². The second-order valence-corrected chi connectivity index (χ2v) is 4.56. The lowest BCUT2D eigenvalue weighted by Crippen LogP contribution is -2.31. The molecule has 0 saturated carbocycles. The highest BCUT2D eigenvalue weighted by atomic mass is 16.5. The first-order valence-electron chi connectivity index (χ1n) is 6.69. The van der Waals surface area contributed by atoms with Gasteiger partial charge in [-0.2, -0.15) is 0 Å². The van der Waals surface area contributed by atoms with Crippen LogP contribution in [0.25, 0.3) is 0 Å². The summed E-state index contributed by atoms with van der Waals surface area (Å²) in [7, 11) is 2.89. The molecular formula is C12H19N5O4. The molecule has 116 valence electrons. The van der Waals surface area contributed by atoms with Crippen molar-refractivity contribution < 1.29 is 19.1 Å². The van der Waals surface area contributed by atoms with Crippen LogP contribution < -0.4 is 5.32 Å². The van der Waals surface area contributed by atoms with Crippen LogP contribution in [0, 0.1) is 0 Å². The number of carbonyl (C=O) groups is 2. The summed E-state index contributed by atoms with van der Waals surface area (Å²) in [4.78, 5) is 24.9. The number of ether oxygens (including phenoxy) is 2. The molecule has 1 aromatic rings. The van der Waals surface area contributed by atoms with Crippen LogP contribution in [0.1, 0.15) is 16.2 Å². The smallest absolute Gasteiger partial charge is 0.360 e. The topological polar surface area (TPSA) is 98.6 Å². The van der Waals surface area contributed by atoms with Crippen LogP contribution in [-0.4, -0.2) is 72.4 Å². The predicted molar refractivity (Wildman–Crippen MR) is 71.9 cm³/mol. The second kappa shape index (κ2) is 7.02. The highest BCUT2D eigenvalue weighted by Gasteiger charge is 2.22. The van der Waals surface area contributed by atoms with Crippen LogP contribution in [-0.2, 0) is 22.4 Å². The van der Waals surface area contributed by atoms with E-state index in [4.69, 9.17) is 9.47 Å². The highest BCUT2D eigenvalue weighted by molar-refractivity contribution is 5.88. The number of urea groups is 1. The van der Waals surface area contributed by atoms with E-state index in [2.05, 4.69) is 15.6 Å². The summed E-state index contributed by atoms with van der Waals surface area (Å²) < 4.78 is 11.4. The molecule has 2 amide bonds. The SMILES string of the molecule is COCCc1c(C(=O)OC)nnn1CCN1CCNC1=O. The molecule has 0 aliphatic carbocycles. The van der Waals surface area contributed by atoms with Crippen molar-refractivity contribution in [2.45, 2.75) is 13.0 Å². The maximum absolute atomic E-state index is 11.7. The zero-order valence-electron chi connectivity index (χ0n) is 12.2. The molecule has 0 unspecified atom stereocenters. The normalized spacial score (nSPS) is 14.4. The maximum atomic E-state index is 11.7. The zero-order chi connectivity index (χ0) is 15.2. The number of rotatable bonds is 7. The van der Waals surface area contributed by atoms with E-state index in [0.717, 1.165) is 0 Å². The maximum Gasteiger partial charge on any atom is 0.360 e. The van der Waals surface area contributed by atoms with Gasteiger partial charge in [0.2, 0.25) is 0 Å². The number of hydrogen-bond donors (Lipinski definition) is 1. The van der Waals surface area contributed by atoms with E-state index in [1.54, 1.807) is 16.7 Å². The standard InChI is InChI=1S/C12H19N5O4/c1-20-8-3-9-10(11(18)21-2)14-15-17(9)7-6-16-5-4-13-12(16)19/h3-8H2,1-2H3,(H,13,19). The van der Waals surface area contributed by atoms with Crippen molar-refractivity contribution in [3.8, 4) is 0 Å². The Balaban J connectivity index is 2.08. The van der Waals surface area contributed by atoms with Crippen molar-refractivity contribution in [3.05, 3.63) is 11.4 Å². The Morgan fingerprint density at radius 2 is 2.19 bits per heavy atom. The number of aromatic nitrogens is 3. The number of nitrogens with one attached hydrogen (secondary N) is 1. The lowest BCUT2D eigenvalue weighted by molar-refractivity contribution is 0.0592. The fourth-order valence-corrected chi connectivity index (χ4v) is 2.15. The molecule has 2 heterocycles. The fraction of sp³-hybridized carbons (Fsp3) is 0.667. The Bertz CT molecular complexity index is 516. The van der Waals surface area contributed by atoms with Gasteiger partial charge >= 0.3 is 12.0 Å². The number of esters is 1. The Morgan fingerprint density at radius 1 is 1.38 bits per heavy atom. The van der Waals surface area contributed by atoms with Gasteiger partial charge in [0.05, 0.1) is 26.0 Å². The van der Waals surface area contributed by atoms with Gasteiger partial charge in [-0.3, -0.25) is 0 Å². The first-order chi connectivity index (χ1) is 10.2. The summed E-state index contributed by atoms with van der Waals surface area (Å²) >= 11 is 0. The van der Waals surface area contributed by atoms with E-state index in [1.807, 2.05) is 0 Å². The monoisotopic (exact) mass is 297 g/mol. The number of methoxy groups -OCH3 is 2. The molecule has 1 aromatic heterocycles. The third-order valence-electron chi connectivity index (χ3n) is 3.29. The minimum Gasteiger partial charge on any atom is -0.464 e. The molecule has 9 heteroatoms. The summed E-state index contributed by atoms with van der Waals surface area (Å²) in [6.07, 6.45) is 0.500. The molecule has 1 N–H and O–H groups in total. The lowest BCUT2D eigenvalue weighted by Gasteiger charge is -2.14. The van der Waals surface area contributed by atoms with Crippen molar-refractivity contribution in [2.75, 3.05) is 40.5 Å². The van der Waals surface area contributed by atoms with Gasteiger partial charge in [0, 0.05) is 33.2 Å². The molecule has 0 aromatic carbocycles. The van der Waals surface area contributed by atoms with Gasteiger partial charge in [-0.25, -0.2) is 14.3 Å². The summed E-state index contributed by atoms with van der Waals surface area (Å²) in [5.74, 6) is -0.522. The van der Waals surface area contributed by atoms with Crippen molar-refractivity contribution >= 4 is 12.0 Å². The van der Waals surface area contributed by atoms with Crippen molar-refractivity contribution in [1.29, 1.82) is 0 Å². The average molecular weight is 297 g/mol. The first kappa shape index (κ1) is 15.2. The summed E-state index contributed by atoms with van der Waals surface area (Å²) in [5, 5.41) is 10.6. The van der Waals surface area contributed by atoms with Crippen LogP contribution >= 0.6 is 0 Å². The van der Waals surface area contributed by atoms with E-state index in [-0.39, 0.29) is 11.7 Å². The minimum atomic E-state index is -0.522. The molecule has 21 heavy (non-hydrogen) atoms. The molecule has 1 saturated heterocycles. The summed E-state index contributed by atoms with van der Waals surface area (Å²) in [5.41, 5.74) is 0.851. The third kappa shape index (κ3) is 3.48. The zero-order valence-corrected chi connectivity index (χ0v) is 12.2. The largest absolute Gasteiger partial charge is 0.464 e. The molecular weight excluding hydrogens is 278 g/mol. The Kier molecular flexibility index (Phi) is 5.09. The van der Waals surface area contributed by atoms with Gasteiger partial charge in [0.15, 0.2) is 5.69 Å². The van der Waals surface area contributed by atoms with Crippen LogP contribution in [0.2, 0.25) is 0 Å². The van der Waals surface area contributed by atoms with Crippen molar-refractivity contribution in [1.82, 2.24) is 25.2 Å². The van der Waals surface area contributed by atoms with Crippen LogP contribution in [0.15, 0.2) is 0 Å². The molecule has 1 aliphatic rings. The lowest BCUT2D eigenvalue weighted by atomic mass is 10.2. The number of carbonyl (C=O) groups excluding carboxylic acids is 2. The number of nitrogens with zero attached hydrogens (tertiary/aromatic N) is 4. The molecule has 0 bridgehead atoms. The Hall–Kier alpha value is -2.16. The molecule has 1 aliphatic heterocycles. The van der Waals surface area contributed by atoms with E-state index in [0.29, 0.717) is 44.9 Å². The molecule has 1 fully saturated rings. The summed E-state index contributed by atoms with van der Waals surface area (Å²) in [6.45, 7) is 2.75.